The molecule has 0 aliphatic carbocycles. The number of hydrazone groups is 1. The summed E-state index contributed by atoms with van der Waals surface area (Å²) in [7, 11) is 0. The molecule has 5 heteroatoms. The Bertz CT molecular complexity index is 941. The van der Waals surface area contributed by atoms with Gasteiger partial charge in [0.25, 0.3) is 0 Å². The van der Waals surface area contributed by atoms with Crippen molar-refractivity contribution in [1.29, 1.82) is 0 Å². The van der Waals surface area contributed by atoms with Crippen molar-refractivity contribution in [2.24, 2.45) is 5.10 Å². The minimum absolute atomic E-state index is 0.559. The molecular formula is C20H17N3O2. The van der Waals surface area contributed by atoms with Crippen molar-refractivity contribution in [3.05, 3.63) is 77.9 Å². The van der Waals surface area contributed by atoms with Gasteiger partial charge < -0.3 is 5.32 Å². The van der Waals surface area contributed by atoms with Crippen LogP contribution >= 0.6 is 0 Å². The number of aryl methyl sites for hydroxylation is 1. The van der Waals surface area contributed by atoms with Crippen LogP contribution in [0.5, 0.6) is 0 Å². The number of anilines is 1. The lowest BCUT2D eigenvalue weighted by molar-refractivity contribution is -0.136. The second-order valence-electron chi connectivity index (χ2n) is 5.59. The van der Waals surface area contributed by atoms with Crippen LogP contribution in [0.4, 0.5) is 5.69 Å². The maximum absolute atomic E-state index is 11.9. The summed E-state index contributed by atoms with van der Waals surface area (Å²) in [6.45, 7) is 1.94. The molecule has 3 rings (SSSR count). The van der Waals surface area contributed by atoms with E-state index >= 15 is 0 Å². The van der Waals surface area contributed by atoms with Gasteiger partial charge in [0, 0.05) is 11.3 Å². The molecule has 3 aromatic carbocycles. The van der Waals surface area contributed by atoms with Crippen molar-refractivity contribution in [3.8, 4) is 0 Å². The molecule has 5 nitrogen and oxygen atoms in total. The van der Waals surface area contributed by atoms with Gasteiger partial charge in [-0.3, -0.25) is 9.59 Å². The summed E-state index contributed by atoms with van der Waals surface area (Å²) >= 11 is 0. The van der Waals surface area contributed by atoms with E-state index in [2.05, 4.69) is 15.8 Å². The zero-order valence-electron chi connectivity index (χ0n) is 13.7. The first kappa shape index (κ1) is 16.4. The van der Waals surface area contributed by atoms with Crippen molar-refractivity contribution in [1.82, 2.24) is 5.43 Å². The summed E-state index contributed by atoms with van der Waals surface area (Å²) in [6.07, 6.45) is 1.53. The van der Waals surface area contributed by atoms with E-state index in [0.717, 1.165) is 21.9 Å². The van der Waals surface area contributed by atoms with E-state index in [1.807, 2.05) is 61.5 Å². The van der Waals surface area contributed by atoms with Crippen molar-refractivity contribution in [3.63, 3.8) is 0 Å². The van der Waals surface area contributed by atoms with Gasteiger partial charge in [0.15, 0.2) is 0 Å². The average molecular weight is 331 g/mol. The maximum Gasteiger partial charge on any atom is 0.329 e. The number of carbonyl (C=O) groups is 2. The van der Waals surface area contributed by atoms with Gasteiger partial charge >= 0.3 is 11.8 Å². The number of carbonyl (C=O) groups excluding carboxylic acids is 2. The van der Waals surface area contributed by atoms with Crippen LogP contribution in [0.1, 0.15) is 11.1 Å². The number of amides is 2. The first-order valence-corrected chi connectivity index (χ1v) is 7.82. The molecule has 0 bridgehead atoms. The third kappa shape index (κ3) is 4.09. The molecule has 0 fully saturated rings. The van der Waals surface area contributed by atoms with Crippen LogP contribution in [0.3, 0.4) is 0 Å². The van der Waals surface area contributed by atoms with Crippen molar-refractivity contribution in [2.45, 2.75) is 6.92 Å². The van der Waals surface area contributed by atoms with Gasteiger partial charge in [0.2, 0.25) is 0 Å². The number of nitrogens with one attached hydrogen (secondary N) is 2. The molecular weight excluding hydrogens is 314 g/mol. The smallest absolute Gasteiger partial charge is 0.318 e. The van der Waals surface area contributed by atoms with Crippen LogP contribution in [0, 0.1) is 6.92 Å². The fourth-order valence-electron chi connectivity index (χ4n) is 2.40. The molecule has 0 radical (unpaired) electrons. The zero-order chi connectivity index (χ0) is 17.6. The van der Waals surface area contributed by atoms with Gasteiger partial charge in [-0.2, -0.15) is 5.10 Å². The fourth-order valence-corrected chi connectivity index (χ4v) is 2.40. The minimum atomic E-state index is -0.822. The quantitative estimate of drug-likeness (QED) is 0.439. The predicted octanol–water partition coefficient (Wildman–Crippen LogP) is 3.24. The van der Waals surface area contributed by atoms with Crippen LogP contribution in [0.2, 0.25) is 0 Å². The normalized spacial score (nSPS) is 10.8. The summed E-state index contributed by atoms with van der Waals surface area (Å²) in [5.74, 6) is -1.59. The summed E-state index contributed by atoms with van der Waals surface area (Å²) < 4.78 is 0. The van der Waals surface area contributed by atoms with E-state index in [-0.39, 0.29) is 0 Å². The molecule has 0 saturated carbocycles. The molecule has 0 heterocycles. The van der Waals surface area contributed by atoms with Crippen molar-refractivity contribution < 1.29 is 9.59 Å². The zero-order valence-corrected chi connectivity index (χ0v) is 13.7. The van der Waals surface area contributed by atoms with Gasteiger partial charge in [-0.25, -0.2) is 5.43 Å². The van der Waals surface area contributed by atoms with E-state index in [4.69, 9.17) is 0 Å². The topological polar surface area (TPSA) is 70.6 Å². The number of hydrogen-bond donors (Lipinski definition) is 2. The molecule has 2 N–H and O–H groups in total. The van der Waals surface area contributed by atoms with E-state index in [1.54, 1.807) is 12.1 Å². The Kier molecular flexibility index (Phi) is 4.85. The van der Waals surface area contributed by atoms with Gasteiger partial charge in [0.1, 0.15) is 0 Å². The first-order valence-electron chi connectivity index (χ1n) is 7.82. The molecule has 3 aromatic rings. The van der Waals surface area contributed by atoms with Crippen LogP contribution in [-0.4, -0.2) is 18.0 Å². The summed E-state index contributed by atoms with van der Waals surface area (Å²) in [4.78, 5) is 23.7. The lowest BCUT2D eigenvalue weighted by Gasteiger charge is -2.04. The second-order valence-corrected chi connectivity index (χ2v) is 5.59. The second kappa shape index (κ2) is 7.40. The van der Waals surface area contributed by atoms with Crippen molar-refractivity contribution in [2.75, 3.05) is 5.32 Å². The minimum Gasteiger partial charge on any atom is -0.318 e. The Morgan fingerprint density at radius 2 is 1.60 bits per heavy atom. The first-order chi connectivity index (χ1) is 12.1. The van der Waals surface area contributed by atoms with E-state index < -0.39 is 11.8 Å². The largest absolute Gasteiger partial charge is 0.329 e. The highest BCUT2D eigenvalue weighted by molar-refractivity contribution is 6.39. The van der Waals surface area contributed by atoms with Gasteiger partial charge in [-0.1, -0.05) is 60.2 Å². The van der Waals surface area contributed by atoms with Gasteiger partial charge in [-0.05, 0) is 29.8 Å². The summed E-state index contributed by atoms with van der Waals surface area (Å²) in [6, 6.07) is 20.9. The Balaban J connectivity index is 1.64. The third-order valence-corrected chi connectivity index (χ3v) is 3.71. The van der Waals surface area contributed by atoms with Gasteiger partial charge in [0.05, 0.1) is 6.21 Å². The third-order valence-electron chi connectivity index (χ3n) is 3.71. The molecule has 0 saturated heterocycles. The Labute approximate surface area is 145 Å². The monoisotopic (exact) mass is 331 g/mol. The number of nitrogens with zero attached hydrogens (tertiary/aromatic N) is 1. The van der Waals surface area contributed by atoms with Crippen molar-refractivity contribution >= 4 is 34.5 Å². The molecule has 124 valence electrons. The fraction of sp³-hybridized carbons (Fsp3) is 0.0500. The van der Waals surface area contributed by atoms with Crippen LogP contribution in [0.15, 0.2) is 71.8 Å². The molecule has 2 amide bonds. The lowest BCUT2D eigenvalue weighted by atomic mass is 10.1. The molecule has 0 atom stereocenters. The standard InChI is InChI=1S/C20H17N3O2/c1-14-9-11-17(12-10-14)22-19(24)20(25)23-21-13-16-7-4-6-15-5-2-3-8-18(15)16/h2-13H,1H3,(H,22,24)(H,23,25)/b21-13+. The van der Waals surface area contributed by atoms with E-state index in [1.165, 1.54) is 6.21 Å². The molecule has 25 heavy (non-hydrogen) atoms. The highest BCUT2D eigenvalue weighted by Crippen LogP contribution is 2.16. The number of rotatable bonds is 3. The lowest BCUT2D eigenvalue weighted by Crippen LogP contribution is -2.32. The molecule has 0 aliphatic heterocycles. The van der Waals surface area contributed by atoms with Gasteiger partial charge in [-0.15, -0.1) is 0 Å². The van der Waals surface area contributed by atoms with Crippen LogP contribution < -0.4 is 10.7 Å². The molecule has 0 aliphatic rings. The Hall–Kier alpha value is -3.47. The SMILES string of the molecule is Cc1ccc(NC(=O)C(=O)N/N=C/c2cccc3ccccc23)cc1. The predicted molar refractivity (Wildman–Crippen MR) is 99.5 cm³/mol. The molecule has 0 spiro atoms. The summed E-state index contributed by atoms with van der Waals surface area (Å²) in [5, 5.41) is 8.50. The number of fused-ring (bicyclic) bond motifs is 1. The highest BCUT2D eigenvalue weighted by atomic mass is 16.2. The molecule has 0 aromatic heterocycles. The number of hydrogen-bond acceptors (Lipinski definition) is 3. The Morgan fingerprint density at radius 1 is 0.880 bits per heavy atom. The average Bonchev–Trinajstić information content (AvgIpc) is 2.63. The summed E-state index contributed by atoms with van der Waals surface area (Å²) in [5.41, 5.74) is 4.73. The Morgan fingerprint density at radius 3 is 2.40 bits per heavy atom. The van der Waals surface area contributed by atoms with Crippen LogP contribution in [0.25, 0.3) is 10.8 Å². The highest BCUT2D eigenvalue weighted by Gasteiger charge is 2.12. The van der Waals surface area contributed by atoms with Crippen LogP contribution in [-0.2, 0) is 9.59 Å². The van der Waals surface area contributed by atoms with E-state index in [9.17, 15) is 9.59 Å². The number of benzene rings is 3. The maximum atomic E-state index is 11.9. The molecule has 0 unspecified atom stereocenters. The van der Waals surface area contributed by atoms with E-state index in [0.29, 0.717) is 5.69 Å².